The first-order chi connectivity index (χ1) is 8.70. The summed E-state index contributed by atoms with van der Waals surface area (Å²) in [6, 6.07) is 10.2. The molecule has 0 aliphatic heterocycles. The zero-order valence-corrected chi connectivity index (χ0v) is 10.6. The molecule has 92 valence electrons. The highest BCUT2D eigenvalue weighted by atomic mass is 15.2. The minimum atomic E-state index is 0.349. The molecule has 0 saturated carbocycles. The van der Waals surface area contributed by atoms with E-state index in [-0.39, 0.29) is 0 Å². The lowest BCUT2D eigenvalue weighted by Gasteiger charge is -2.28. The number of aromatic amines is 1. The molecule has 0 fully saturated rings. The number of imidazole rings is 1. The Morgan fingerprint density at radius 2 is 2.28 bits per heavy atom. The van der Waals surface area contributed by atoms with Gasteiger partial charge in [0.2, 0.25) is 0 Å². The van der Waals surface area contributed by atoms with Gasteiger partial charge in [0, 0.05) is 17.9 Å². The number of benzene rings is 1. The molecule has 18 heavy (non-hydrogen) atoms. The van der Waals surface area contributed by atoms with Crippen molar-refractivity contribution in [2.24, 2.45) is 0 Å². The SMILES string of the molecule is CC(C)N(Cc1cnc[nH]1)c1cccc(C#N)c1. The van der Waals surface area contributed by atoms with E-state index in [0.717, 1.165) is 17.9 Å². The third-order valence-corrected chi connectivity index (χ3v) is 2.83. The molecule has 1 heterocycles. The van der Waals surface area contributed by atoms with Gasteiger partial charge in [0.25, 0.3) is 0 Å². The van der Waals surface area contributed by atoms with Crippen molar-refractivity contribution in [2.45, 2.75) is 26.4 Å². The van der Waals surface area contributed by atoms with Crippen LogP contribution in [0.15, 0.2) is 36.8 Å². The largest absolute Gasteiger partial charge is 0.363 e. The molecule has 0 aliphatic carbocycles. The fraction of sp³-hybridized carbons (Fsp3) is 0.286. The zero-order valence-electron chi connectivity index (χ0n) is 10.6. The molecule has 2 aromatic rings. The quantitative estimate of drug-likeness (QED) is 0.894. The van der Waals surface area contributed by atoms with Gasteiger partial charge in [-0.3, -0.25) is 0 Å². The Balaban J connectivity index is 2.27. The van der Waals surface area contributed by atoms with Gasteiger partial charge >= 0.3 is 0 Å². The van der Waals surface area contributed by atoms with Crippen molar-refractivity contribution >= 4 is 5.69 Å². The second-order valence-electron chi connectivity index (χ2n) is 4.46. The van der Waals surface area contributed by atoms with Crippen LogP contribution in [0.1, 0.15) is 25.1 Å². The first-order valence-corrected chi connectivity index (χ1v) is 5.95. The van der Waals surface area contributed by atoms with Crippen LogP contribution in [0.4, 0.5) is 5.69 Å². The molecule has 0 aliphatic rings. The molecule has 1 N–H and O–H groups in total. The third kappa shape index (κ3) is 2.69. The predicted molar refractivity (Wildman–Crippen MR) is 71.1 cm³/mol. The van der Waals surface area contributed by atoms with Crippen molar-refractivity contribution in [2.75, 3.05) is 4.90 Å². The molecule has 0 atom stereocenters. The number of rotatable bonds is 4. The monoisotopic (exact) mass is 240 g/mol. The molecule has 0 radical (unpaired) electrons. The van der Waals surface area contributed by atoms with E-state index in [1.807, 2.05) is 30.5 Å². The van der Waals surface area contributed by atoms with Crippen LogP contribution in [-0.4, -0.2) is 16.0 Å². The van der Waals surface area contributed by atoms with Gasteiger partial charge in [-0.15, -0.1) is 0 Å². The van der Waals surface area contributed by atoms with Gasteiger partial charge in [0.1, 0.15) is 0 Å². The first kappa shape index (κ1) is 12.2. The Labute approximate surface area is 107 Å². The van der Waals surface area contributed by atoms with E-state index in [0.29, 0.717) is 11.6 Å². The van der Waals surface area contributed by atoms with E-state index in [1.54, 1.807) is 6.33 Å². The van der Waals surface area contributed by atoms with Crippen molar-refractivity contribution in [3.8, 4) is 6.07 Å². The standard InChI is InChI=1S/C14H16N4/c1-11(2)18(9-13-8-16-10-17-13)14-5-3-4-12(6-14)7-15/h3-6,8,10-11H,9H2,1-2H3,(H,16,17). The lowest BCUT2D eigenvalue weighted by molar-refractivity contribution is 0.675. The predicted octanol–water partition coefficient (Wildman–Crippen LogP) is 2.70. The topological polar surface area (TPSA) is 55.7 Å². The number of hydrogen-bond acceptors (Lipinski definition) is 3. The highest BCUT2D eigenvalue weighted by Crippen LogP contribution is 2.20. The summed E-state index contributed by atoms with van der Waals surface area (Å²) in [6.45, 7) is 5.03. The summed E-state index contributed by atoms with van der Waals surface area (Å²) in [7, 11) is 0. The second-order valence-corrected chi connectivity index (χ2v) is 4.46. The number of H-pyrrole nitrogens is 1. The molecule has 0 saturated heterocycles. The van der Waals surface area contributed by atoms with Crippen LogP contribution in [0.5, 0.6) is 0 Å². The van der Waals surface area contributed by atoms with E-state index < -0.39 is 0 Å². The lowest BCUT2D eigenvalue weighted by Crippen LogP contribution is -2.30. The van der Waals surface area contributed by atoms with Crippen LogP contribution in [0.25, 0.3) is 0 Å². The Morgan fingerprint density at radius 1 is 1.44 bits per heavy atom. The van der Waals surface area contributed by atoms with Gasteiger partial charge in [0.05, 0.1) is 30.2 Å². The molecule has 4 heteroatoms. The maximum Gasteiger partial charge on any atom is 0.0992 e. The first-order valence-electron chi connectivity index (χ1n) is 5.95. The molecule has 1 aromatic carbocycles. The molecule has 1 aromatic heterocycles. The average Bonchev–Trinajstić information content (AvgIpc) is 2.88. The summed E-state index contributed by atoms with van der Waals surface area (Å²) < 4.78 is 0. The molecular weight excluding hydrogens is 224 g/mol. The molecule has 0 bridgehead atoms. The van der Waals surface area contributed by atoms with Crippen LogP contribution in [0.2, 0.25) is 0 Å². The summed E-state index contributed by atoms with van der Waals surface area (Å²) >= 11 is 0. The summed E-state index contributed by atoms with van der Waals surface area (Å²) in [6.07, 6.45) is 3.50. The number of aromatic nitrogens is 2. The number of nitriles is 1. The highest BCUT2D eigenvalue weighted by molar-refractivity contribution is 5.52. The van der Waals surface area contributed by atoms with Crippen molar-refractivity contribution in [3.63, 3.8) is 0 Å². The third-order valence-electron chi connectivity index (χ3n) is 2.83. The van der Waals surface area contributed by atoms with Crippen LogP contribution >= 0.6 is 0 Å². The van der Waals surface area contributed by atoms with Crippen molar-refractivity contribution in [3.05, 3.63) is 48.0 Å². The number of hydrogen-bond donors (Lipinski definition) is 1. The van der Waals surface area contributed by atoms with E-state index >= 15 is 0 Å². The maximum absolute atomic E-state index is 8.95. The average molecular weight is 240 g/mol. The molecule has 0 amide bonds. The summed E-state index contributed by atoms with van der Waals surface area (Å²) in [4.78, 5) is 9.36. The second kappa shape index (κ2) is 5.37. The maximum atomic E-state index is 8.95. The van der Waals surface area contributed by atoms with Crippen LogP contribution in [0, 0.1) is 11.3 Å². The van der Waals surface area contributed by atoms with Crippen LogP contribution in [0.3, 0.4) is 0 Å². The van der Waals surface area contributed by atoms with Crippen LogP contribution in [-0.2, 0) is 6.54 Å². The molecule has 4 nitrogen and oxygen atoms in total. The normalized spacial score (nSPS) is 10.3. The number of nitrogens with one attached hydrogen (secondary N) is 1. The van der Waals surface area contributed by atoms with Crippen LogP contribution < -0.4 is 4.90 Å². The fourth-order valence-corrected chi connectivity index (χ4v) is 1.88. The highest BCUT2D eigenvalue weighted by Gasteiger charge is 2.12. The van der Waals surface area contributed by atoms with Gasteiger partial charge in [-0.1, -0.05) is 6.07 Å². The van der Waals surface area contributed by atoms with E-state index in [1.165, 1.54) is 0 Å². The molecule has 2 rings (SSSR count). The van der Waals surface area contributed by atoms with Gasteiger partial charge in [-0.25, -0.2) is 4.98 Å². The zero-order chi connectivity index (χ0) is 13.0. The van der Waals surface area contributed by atoms with Gasteiger partial charge in [-0.05, 0) is 32.0 Å². The number of anilines is 1. The van der Waals surface area contributed by atoms with Gasteiger partial charge in [0.15, 0.2) is 0 Å². The Bertz CT molecular complexity index is 537. The van der Waals surface area contributed by atoms with Crippen molar-refractivity contribution in [1.82, 2.24) is 9.97 Å². The molecular formula is C14H16N4. The summed E-state index contributed by atoms with van der Waals surface area (Å²) in [5, 5.41) is 8.95. The smallest absolute Gasteiger partial charge is 0.0992 e. The minimum Gasteiger partial charge on any atom is -0.363 e. The van der Waals surface area contributed by atoms with Crippen molar-refractivity contribution in [1.29, 1.82) is 5.26 Å². The molecule has 0 unspecified atom stereocenters. The Kier molecular flexibility index (Phi) is 3.63. The van der Waals surface area contributed by atoms with Gasteiger partial charge in [-0.2, -0.15) is 5.26 Å². The fourth-order valence-electron chi connectivity index (χ4n) is 1.88. The molecule has 0 spiro atoms. The minimum absolute atomic E-state index is 0.349. The Hall–Kier alpha value is -2.28. The van der Waals surface area contributed by atoms with E-state index in [9.17, 15) is 0 Å². The summed E-state index contributed by atoms with van der Waals surface area (Å²) in [5.74, 6) is 0. The number of nitrogens with zero attached hydrogens (tertiary/aromatic N) is 3. The Morgan fingerprint density at radius 3 is 2.89 bits per heavy atom. The van der Waals surface area contributed by atoms with E-state index in [2.05, 4.69) is 34.8 Å². The van der Waals surface area contributed by atoms with Gasteiger partial charge < -0.3 is 9.88 Å². The van der Waals surface area contributed by atoms with E-state index in [4.69, 9.17) is 5.26 Å². The summed E-state index contributed by atoms with van der Waals surface area (Å²) in [5.41, 5.74) is 2.80. The van der Waals surface area contributed by atoms with Crippen molar-refractivity contribution < 1.29 is 0 Å². The lowest BCUT2D eigenvalue weighted by atomic mass is 10.1.